The van der Waals surface area contributed by atoms with E-state index >= 15 is 0 Å². The van der Waals surface area contributed by atoms with Crippen LogP contribution in [0.25, 0.3) is 0 Å². The molecular weight excluding hydrogens is 353 g/mol. The molecule has 3 atom stereocenters. The van der Waals surface area contributed by atoms with Gasteiger partial charge in [0, 0.05) is 18.3 Å². The third kappa shape index (κ3) is 3.39. The van der Waals surface area contributed by atoms with Crippen LogP contribution < -0.4 is 16.2 Å². The molecule has 0 spiro atoms. The number of hydrogen-bond donors (Lipinski definition) is 2. The van der Waals surface area contributed by atoms with Gasteiger partial charge in [-0.25, -0.2) is 4.39 Å². The van der Waals surface area contributed by atoms with Crippen LogP contribution >= 0.6 is 11.6 Å². The number of nitrogens with two attached hydrogens (primary N) is 2. The molecule has 0 bridgehead atoms. The molecule has 0 unspecified atom stereocenters. The van der Waals surface area contributed by atoms with Gasteiger partial charge < -0.3 is 16.2 Å². The third-order valence-electron chi connectivity index (χ3n) is 5.36. The lowest BCUT2D eigenvalue weighted by molar-refractivity contribution is 0.0594. The van der Waals surface area contributed by atoms with Crippen molar-refractivity contribution in [1.29, 1.82) is 0 Å². The molecule has 2 aromatic rings. The molecule has 0 amide bonds. The molecule has 1 aliphatic heterocycles. The molecule has 2 aliphatic rings. The van der Waals surface area contributed by atoms with Gasteiger partial charge in [0.25, 0.3) is 0 Å². The number of fused-ring (bicyclic) bond motifs is 1. The minimum absolute atomic E-state index is 0.117. The van der Waals surface area contributed by atoms with E-state index in [1.54, 1.807) is 24.3 Å². The Morgan fingerprint density at radius 3 is 2.81 bits per heavy atom. The van der Waals surface area contributed by atoms with Gasteiger partial charge in [0.15, 0.2) is 0 Å². The van der Waals surface area contributed by atoms with Gasteiger partial charge >= 0.3 is 0 Å². The summed E-state index contributed by atoms with van der Waals surface area (Å²) in [7, 11) is 0. The first-order valence-electron chi connectivity index (χ1n) is 9.01. The van der Waals surface area contributed by atoms with E-state index in [9.17, 15) is 4.39 Å². The maximum absolute atomic E-state index is 13.7. The van der Waals surface area contributed by atoms with E-state index in [1.165, 1.54) is 6.07 Å². The maximum atomic E-state index is 13.7. The van der Waals surface area contributed by atoms with E-state index in [0.29, 0.717) is 16.5 Å². The summed E-state index contributed by atoms with van der Waals surface area (Å²) in [6.07, 6.45) is 2.64. The predicted molar refractivity (Wildman–Crippen MR) is 102 cm³/mol. The molecule has 0 aromatic heterocycles. The fourth-order valence-corrected chi connectivity index (χ4v) is 4.36. The number of likely N-dealkylation sites (tertiary alicyclic amines) is 1. The molecular formula is C20H23ClFN3O. The fraction of sp³-hybridized carbons (Fsp3) is 0.400. The van der Waals surface area contributed by atoms with Crippen molar-refractivity contribution >= 4 is 17.3 Å². The van der Waals surface area contributed by atoms with E-state index in [1.807, 2.05) is 6.07 Å². The van der Waals surface area contributed by atoms with E-state index in [0.717, 1.165) is 43.5 Å². The Labute approximate surface area is 157 Å². The van der Waals surface area contributed by atoms with Gasteiger partial charge in [0.05, 0.1) is 11.1 Å². The summed E-state index contributed by atoms with van der Waals surface area (Å²) in [5.74, 6) is 0.373. The first-order valence-corrected chi connectivity index (χ1v) is 9.38. The molecule has 1 fully saturated rings. The van der Waals surface area contributed by atoms with Crippen LogP contribution in [0.15, 0.2) is 36.4 Å². The molecule has 2 aromatic carbocycles. The Morgan fingerprint density at radius 2 is 2.04 bits per heavy atom. The normalized spacial score (nSPS) is 25.9. The average molecular weight is 376 g/mol. The van der Waals surface area contributed by atoms with Crippen molar-refractivity contribution in [2.24, 2.45) is 5.73 Å². The lowest BCUT2D eigenvalue weighted by Crippen LogP contribution is -2.49. The molecule has 138 valence electrons. The first-order chi connectivity index (χ1) is 12.5. The van der Waals surface area contributed by atoms with Gasteiger partial charge in [0.2, 0.25) is 0 Å². The third-order valence-corrected chi connectivity index (χ3v) is 5.65. The van der Waals surface area contributed by atoms with Crippen LogP contribution in [0.4, 0.5) is 10.1 Å². The molecule has 0 saturated carbocycles. The van der Waals surface area contributed by atoms with Gasteiger partial charge in [0.1, 0.15) is 17.7 Å². The standard InChI is InChI=1S/C20H23ClFN3O/c21-17-10-14(23)4-6-19(17)26-20-16-5-3-13(22)8-12(16)9-18(20)25-7-1-2-15(24)11-25/h3-6,8,10,15,18,20H,1-2,7,9,11,23-24H2/t15-,18-,20-/m1/s1. The number of benzene rings is 2. The minimum Gasteiger partial charge on any atom is -0.482 e. The van der Waals surface area contributed by atoms with Crippen LogP contribution in [0.1, 0.15) is 30.1 Å². The van der Waals surface area contributed by atoms with Gasteiger partial charge in [-0.2, -0.15) is 0 Å². The summed E-state index contributed by atoms with van der Waals surface area (Å²) in [6, 6.07) is 10.5. The first kappa shape index (κ1) is 17.6. The Bertz CT molecular complexity index is 816. The molecule has 0 radical (unpaired) electrons. The largest absolute Gasteiger partial charge is 0.482 e. The Balaban J connectivity index is 1.67. The number of ether oxygens (including phenoxy) is 1. The van der Waals surface area contributed by atoms with Crippen molar-refractivity contribution in [3.63, 3.8) is 0 Å². The lowest BCUT2D eigenvalue weighted by atomic mass is 10.0. The number of anilines is 1. The number of nitrogens with zero attached hydrogens (tertiary/aromatic N) is 1. The SMILES string of the molecule is Nc1ccc(O[C@@H]2c3ccc(F)cc3C[C@H]2N2CCC[C@@H](N)C2)c(Cl)c1. The summed E-state index contributed by atoms with van der Waals surface area (Å²) in [6.45, 7) is 1.81. The smallest absolute Gasteiger partial charge is 0.140 e. The number of rotatable bonds is 3. The van der Waals surface area contributed by atoms with Crippen LogP contribution in [0, 0.1) is 5.82 Å². The van der Waals surface area contributed by atoms with Crippen molar-refractivity contribution in [3.05, 3.63) is 58.4 Å². The predicted octanol–water partition coefficient (Wildman–Crippen LogP) is 3.53. The summed E-state index contributed by atoms with van der Waals surface area (Å²) >= 11 is 6.32. The van der Waals surface area contributed by atoms with Gasteiger partial charge in [-0.3, -0.25) is 4.90 Å². The second-order valence-electron chi connectivity index (χ2n) is 7.24. The van der Waals surface area contributed by atoms with E-state index < -0.39 is 0 Å². The van der Waals surface area contributed by atoms with Gasteiger partial charge in [-0.1, -0.05) is 17.7 Å². The minimum atomic E-state index is -0.219. The number of nitrogen functional groups attached to an aromatic ring is 1. The molecule has 4 nitrogen and oxygen atoms in total. The van der Waals surface area contributed by atoms with E-state index in [4.69, 9.17) is 27.8 Å². The number of hydrogen-bond acceptors (Lipinski definition) is 4. The highest BCUT2D eigenvalue weighted by Gasteiger charge is 2.39. The van der Waals surface area contributed by atoms with Crippen LogP contribution in [0.5, 0.6) is 5.75 Å². The van der Waals surface area contributed by atoms with Crippen LogP contribution in [0.2, 0.25) is 5.02 Å². The van der Waals surface area contributed by atoms with Crippen molar-refractivity contribution in [2.45, 2.75) is 37.5 Å². The van der Waals surface area contributed by atoms with Crippen LogP contribution in [-0.2, 0) is 6.42 Å². The highest BCUT2D eigenvalue weighted by Crippen LogP contribution is 2.41. The van der Waals surface area contributed by atoms with E-state index in [-0.39, 0.29) is 24.0 Å². The molecule has 6 heteroatoms. The second-order valence-corrected chi connectivity index (χ2v) is 7.65. The second kappa shape index (κ2) is 7.06. The van der Waals surface area contributed by atoms with Crippen LogP contribution in [-0.4, -0.2) is 30.1 Å². The quantitative estimate of drug-likeness (QED) is 0.805. The Morgan fingerprint density at radius 1 is 1.19 bits per heavy atom. The van der Waals surface area contributed by atoms with Crippen LogP contribution in [0.3, 0.4) is 0 Å². The van der Waals surface area contributed by atoms with Crippen molar-refractivity contribution in [2.75, 3.05) is 18.8 Å². The number of piperidine rings is 1. The summed E-state index contributed by atoms with van der Waals surface area (Å²) in [5, 5.41) is 0.481. The molecule has 1 heterocycles. The molecule has 4 N–H and O–H groups in total. The Hall–Kier alpha value is -1.82. The lowest BCUT2D eigenvalue weighted by Gasteiger charge is -2.38. The fourth-order valence-electron chi connectivity index (χ4n) is 4.12. The summed E-state index contributed by atoms with van der Waals surface area (Å²) < 4.78 is 20.1. The highest BCUT2D eigenvalue weighted by molar-refractivity contribution is 6.32. The van der Waals surface area contributed by atoms with E-state index in [2.05, 4.69) is 4.90 Å². The van der Waals surface area contributed by atoms with Crippen molar-refractivity contribution in [3.8, 4) is 5.75 Å². The van der Waals surface area contributed by atoms with Crippen molar-refractivity contribution in [1.82, 2.24) is 4.90 Å². The monoisotopic (exact) mass is 375 g/mol. The zero-order valence-electron chi connectivity index (χ0n) is 14.5. The molecule has 1 saturated heterocycles. The zero-order chi connectivity index (χ0) is 18.3. The topological polar surface area (TPSA) is 64.5 Å². The Kier molecular flexibility index (Phi) is 4.78. The molecule has 1 aliphatic carbocycles. The molecule has 4 rings (SSSR count). The maximum Gasteiger partial charge on any atom is 0.140 e. The number of halogens is 2. The van der Waals surface area contributed by atoms with Gasteiger partial charge in [-0.15, -0.1) is 0 Å². The average Bonchev–Trinajstić information content (AvgIpc) is 2.95. The summed E-state index contributed by atoms with van der Waals surface area (Å²) in [4.78, 5) is 2.38. The van der Waals surface area contributed by atoms with Gasteiger partial charge in [-0.05, 0) is 67.3 Å². The highest BCUT2D eigenvalue weighted by atomic mass is 35.5. The molecule has 26 heavy (non-hydrogen) atoms. The summed E-state index contributed by atoms with van der Waals surface area (Å²) in [5.41, 5.74) is 14.6. The van der Waals surface area contributed by atoms with Crippen molar-refractivity contribution < 1.29 is 9.13 Å². The zero-order valence-corrected chi connectivity index (χ0v) is 15.3.